The number of rotatable bonds is 9. The Balaban J connectivity index is 1.55. The van der Waals surface area contributed by atoms with Crippen LogP contribution >= 0.6 is 0 Å². The largest absolute Gasteiger partial charge is 0.330 e. The van der Waals surface area contributed by atoms with Gasteiger partial charge in [-0.15, -0.1) is 0 Å². The van der Waals surface area contributed by atoms with Crippen molar-refractivity contribution in [3.8, 4) is 0 Å². The van der Waals surface area contributed by atoms with Crippen LogP contribution in [-0.4, -0.2) is 6.54 Å². The molecule has 2 N–H and O–H groups in total. The smallest absolute Gasteiger partial charge is 0.00720 e. The molecule has 0 aromatic heterocycles. The van der Waals surface area contributed by atoms with E-state index in [1.54, 1.807) is 5.57 Å². The van der Waals surface area contributed by atoms with Crippen LogP contribution in [-0.2, 0) is 0 Å². The number of hydrogen-bond acceptors (Lipinski definition) is 1. The number of nitrogens with two attached hydrogens (primary N) is 1. The molecular weight excluding hydrogens is 314 g/mol. The fourth-order valence-electron chi connectivity index (χ4n) is 6.49. The van der Waals surface area contributed by atoms with Crippen LogP contribution in [0.1, 0.15) is 105 Å². The molecule has 0 saturated heterocycles. The van der Waals surface area contributed by atoms with Gasteiger partial charge in [0, 0.05) is 0 Å². The molecule has 3 saturated carbocycles. The predicted molar refractivity (Wildman–Crippen MR) is 114 cm³/mol. The molecule has 0 heterocycles. The van der Waals surface area contributed by atoms with E-state index in [9.17, 15) is 0 Å². The fraction of sp³-hybridized carbons (Fsp3) is 0.920. The van der Waals surface area contributed by atoms with Crippen LogP contribution in [0.3, 0.4) is 0 Å². The molecule has 0 aromatic rings. The van der Waals surface area contributed by atoms with Crippen molar-refractivity contribution in [1.82, 2.24) is 0 Å². The lowest BCUT2D eigenvalue weighted by molar-refractivity contribution is -0.00499. The van der Waals surface area contributed by atoms with Gasteiger partial charge >= 0.3 is 0 Å². The summed E-state index contributed by atoms with van der Waals surface area (Å²) in [4.78, 5) is 0. The van der Waals surface area contributed by atoms with E-state index in [0.29, 0.717) is 10.8 Å². The van der Waals surface area contributed by atoms with Gasteiger partial charge < -0.3 is 5.73 Å². The van der Waals surface area contributed by atoms with Crippen molar-refractivity contribution in [1.29, 1.82) is 0 Å². The number of allylic oxidation sites excluding steroid dienone is 2. The van der Waals surface area contributed by atoms with Gasteiger partial charge in [-0.25, -0.2) is 0 Å². The third-order valence-electron chi connectivity index (χ3n) is 9.34. The van der Waals surface area contributed by atoms with E-state index in [-0.39, 0.29) is 0 Å². The van der Waals surface area contributed by atoms with Crippen molar-refractivity contribution >= 4 is 0 Å². The van der Waals surface area contributed by atoms with Crippen LogP contribution in [0.5, 0.6) is 0 Å². The van der Waals surface area contributed by atoms with Crippen molar-refractivity contribution < 1.29 is 0 Å². The van der Waals surface area contributed by atoms with Gasteiger partial charge in [0.2, 0.25) is 0 Å². The standard InChI is InChI=1S/C25H45N/c1-6-25(5,16-17-26)22-12-10-20(22)14-15-24(3,4)23-13-11-21(23)18(2)19-8-7-9-19/h20-23H,6-17,26H2,1-5H3/t20?,21?,22-,23?,25?/m1/s1. The van der Waals surface area contributed by atoms with Gasteiger partial charge in [0.05, 0.1) is 0 Å². The second-order valence-electron chi connectivity index (χ2n) is 10.9. The Morgan fingerprint density at radius 1 is 1.00 bits per heavy atom. The van der Waals surface area contributed by atoms with E-state index in [0.717, 1.165) is 30.2 Å². The minimum Gasteiger partial charge on any atom is -0.330 e. The Morgan fingerprint density at radius 2 is 1.69 bits per heavy atom. The second-order valence-corrected chi connectivity index (χ2v) is 10.9. The highest BCUT2D eigenvalue weighted by Gasteiger charge is 2.46. The van der Waals surface area contributed by atoms with Gasteiger partial charge in [0.25, 0.3) is 0 Å². The summed E-state index contributed by atoms with van der Waals surface area (Å²) in [5, 5.41) is 0. The number of hydrogen-bond donors (Lipinski definition) is 1. The average Bonchev–Trinajstić information content (AvgIpc) is 2.42. The summed E-state index contributed by atoms with van der Waals surface area (Å²) in [5.74, 6) is 3.75. The topological polar surface area (TPSA) is 26.0 Å². The maximum atomic E-state index is 5.94. The van der Waals surface area contributed by atoms with Gasteiger partial charge in [-0.3, -0.25) is 0 Å². The molecule has 0 bridgehead atoms. The summed E-state index contributed by atoms with van der Waals surface area (Å²) in [6.07, 6.45) is 15.5. The van der Waals surface area contributed by atoms with E-state index in [1.807, 2.05) is 5.57 Å². The molecule has 5 atom stereocenters. The maximum Gasteiger partial charge on any atom is -0.00720 e. The molecule has 0 spiro atoms. The molecule has 150 valence electrons. The molecule has 4 unspecified atom stereocenters. The molecule has 3 aliphatic rings. The van der Waals surface area contributed by atoms with Gasteiger partial charge in [-0.1, -0.05) is 45.3 Å². The van der Waals surface area contributed by atoms with E-state index >= 15 is 0 Å². The Morgan fingerprint density at radius 3 is 2.12 bits per heavy atom. The van der Waals surface area contributed by atoms with Crippen LogP contribution in [0, 0.1) is 34.5 Å². The Bertz CT molecular complexity index is 510. The van der Waals surface area contributed by atoms with Gasteiger partial charge in [0.1, 0.15) is 0 Å². The Labute approximate surface area is 163 Å². The van der Waals surface area contributed by atoms with Crippen molar-refractivity contribution in [3.05, 3.63) is 11.1 Å². The normalized spacial score (nSPS) is 33.7. The first-order valence-corrected chi connectivity index (χ1v) is 11.7. The van der Waals surface area contributed by atoms with Crippen LogP contribution < -0.4 is 5.73 Å². The zero-order valence-electron chi connectivity index (χ0n) is 18.4. The highest BCUT2D eigenvalue weighted by Crippen LogP contribution is 2.56. The van der Waals surface area contributed by atoms with E-state index in [4.69, 9.17) is 5.73 Å². The van der Waals surface area contributed by atoms with Crippen molar-refractivity contribution in [2.24, 2.45) is 40.2 Å². The zero-order chi connectivity index (χ0) is 18.9. The molecule has 0 amide bonds. The first kappa shape index (κ1) is 20.4. The molecule has 0 aromatic carbocycles. The first-order chi connectivity index (χ1) is 12.3. The van der Waals surface area contributed by atoms with E-state index in [2.05, 4.69) is 34.6 Å². The SMILES string of the molecule is CCC(C)(CCN)[C@@H]1CCC1CCC(C)(C)C1CCC1C(C)=C1CCC1. The maximum absolute atomic E-state index is 5.94. The lowest BCUT2D eigenvalue weighted by Gasteiger charge is -2.52. The molecule has 1 nitrogen and oxygen atoms in total. The summed E-state index contributed by atoms with van der Waals surface area (Å²) < 4.78 is 0. The highest BCUT2D eigenvalue weighted by atomic mass is 14.6. The molecule has 0 radical (unpaired) electrons. The molecule has 0 aliphatic heterocycles. The van der Waals surface area contributed by atoms with Crippen LogP contribution in [0.25, 0.3) is 0 Å². The second kappa shape index (κ2) is 7.98. The summed E-state index contributed by atoms with van der Waals surface area (Å²) in [6.45, 7) is 13.4. The van der Waals surface area contributed by atoms with E-state index in [1.165, 1.54) is 70.6 Å². The molecule has 26 heavy (non-hydrogen) atoms. The summed E-state index contributed by atoms with van der Waals surface area (Å²) in [7, 11) is 0. The van der Waals surface area contributed by atoms with Crippen molar-refractivity contribution in [2.45, 2.75) is 105 Å². The van der Waals surface area contributed by atoms with Gasteiger partial charge in [-0.05, 0) is 112 Å². The van der Waals surface area contributed by atoms with Crippen molar-refractivity contribution in [2.75, 3.05) is 6.54 Å². The third-order valence-corrected chi connectivity index (χ3v) is 9.34. The summed E-state index contributed by atoms with van der Waals surface area (Å²) >= 11 is 0. The minimum absolute atomic E-state index is 0.492. The summed E-state index contributed by atoms with van der Waals surface area (Å²) in [5.41, 5.74) is 10.6. The van der Waals surface area contributed by atoms with Crippen LogP contribution in [0.15, 0.2) is 11.1 Å². The fourth-order valence-corrected chi connectivity index (χ4v) is 6.49. The summed E-state index contributed by atoms with van der Waals surface area (Å²) in [6, 6.07) is 0. The minimum atomic E-state index is 0.492. The molecule has 3 fully saturated rings. The highest BCUT2D eigenvalue weighted by molar-refractivity contribution is 5.23. The molecule has 3 aliphatic carbocycles. The van der Waals surface area contributed by atoms with E-state index < -0.39 is 0 Å². The van der Waals surface area contributed by atoms with Crippen LogP contribution in [0.2, 0.25) is 0 Å². The quantitative estimate of drug-likeness (QED) is 0.436. The predicted octanol–water partition coefficient (Wildman–Crippen LogP) is 7.11. The Kier molecular flexibility index (Phi) is 6.27. The average molecular weight is 360 g/mol. The molecule has 3 rings (SSSR count). The Hall–Kier alpha value is -0.300. The third kappa shape index (κ3) is 3.80. The molecule has 1 heteroatoms. The van der Waals surface area contributed by atoms with Gasteiger partial charge in [-0.2, -0.15) is 0 Å². The van der Waals surface area contributed by atoms with Crippen molar-refractivity contribution in [3.63, 3.8) is 0 Å². The van der Waals surface area contributed by atoms with Crippen LogP contribution in [0.4, 0.5) is 0 Å². The molecular formula is C25H45N. The van der Waals surface area contributed by atoms with Gasteiger partial charge in [0.15, 0.2) is 0 Å². The lowest BCUT2D eigenvalue weighted by Crippen LogP contribution is -2.43. The monoisotopic (exact) mass is 359 g/mol. The zero-order valence-corrected chi connectivity index (χ0v) is 18.4. The first-order valence-electron chi connectivity index (χ1n) is 11.7. The lowest BCUT2D eigenvalue weighted by atomic mass is 9.53.